The highest BCUT2D eigenvalue weighted by atomic mass is 19.1. The van der Waals surface area contributed by atoms with Crippen molar-refractivity contribution in [2.24, 2.45) is 5.92 Å². The highest BCUT2D eigenvalue weighted by Crippen LogP contribution is 2.21. The van der Waals surface area contributed by atoms with Gasteiger partial charge in [-0.1, -0.05) is 12.1 Å². The van der Waals surface area contributed by atoms with Crippen LogP contribution in [0.15, 0.2) is 24.3 Å². The molecule has 1 amide bonds. The van der Waals surface area contributed by atoms with Gasteiger partial charge < -0.3 is 10.0 Å². The third-order valence-electron chi connectivity index (χ3n) is 4.15. The number of amides is 1. The fourth-order valence-electron chi connectivity index (χ4n) is 3.26. The van der Waals surface area contributed by atoms with Crippen molar-refractivity contribution in [1.29, 1.82) is 0 Å². The van der Waals surface area contributed by atoms with Crippen molar-refractivity contribution in [1.82, 2.24) is 9.80 Å². The number of benzene rings is 1. The van der Waals surface area contributed by atoms with Crippen LogP contribution in [-0.2, 0) is 11.3 Å². The molecule has 4 nitrogen and oxygen atoms in total. The van der Waals surface area contributed by atoms with Crippen LogP contribution in [0.4, 0.5) is 4.39 Å². The maximum Gasteiger partial charge on any atom is 0.226 e. The molecule has 1 heterocycles. The highest BCUT2D eigenvalue weighted by Gasteiger charge is 2.29. The molecule has 1 N–H and O–H groups in total. The summed E-state index contributed by atoms with van der Waals surface area (Å²) in [4.78, 5) is 16.4. The van der Waals surface area contributed by atoms with E-state index in [2.05, 4.69) is 4.90 Å². The summed E-state index contributed by atoms with van der Waals surface area (Å²) in [6, 6.07) is 6.62. The number of hydrogen-bond donors (Lipinski definition) is 1. The number of rotatable bonds is 5. The number of hydrogen-bond acceptors (Lipinski definition) is 3. The van der Waals surface area contributed by atoms with Gasteiger partial charge in [0.1, 0.15) is 5.82 Å². The first-order chi connectivity index (χ1) is 10.7. The van der Waals surface area contributed by atoms with Gasteiger partial charge in [-0.15, -0.1) is 0 Å². The second-order valence-electron chi connectivity index (χ2n) is 7.21. The minimum Gasteiger partial charge on any atom is -0.389 e. The Balaban J connectivity index is 1.93. The first-order valence-corrected chi connectivity index (χ1v) is 8.19. The van der Waals surface area contributed by atoms with Crippen LogP contribution in [-0.4, -0.2) is 53.1 Å². The predicted molar refractivity (Wildman–Crippen MR) is 88.3 cm³/mol. The molecule has 0 bridgehead atoms. The van der Waals surface area contributed by atoms with Crippen molar-refractivity contribution >= 4 is 5.91 Å². The number of halogens is 1. The number of likely N-dealkylation sites (N-methyl/N-ethyl adjacent to an activating group) is 1. The summed E-state index contributed by atoms with van der Waals surface area (Å²) in [6.45, 7) is 6.01. The van der Waals surface area contributed by atoms with E-state index in [0.29, 0.717) is 19.6 Å². The molecule has 0 aromatic heterocycles. The van der Waals surface area contributed by atoms with Gasteiger partial charge in [-0.2, -0.15) is 0 Å². The maximum atomic E-state index is 13.3. The molecule has 0 aliphatic carbocycles. The SMILES string of the molecule is CN(CC(C)(C)O)C(=O)C1CCCN(Cc2cccc(F)c2)C1. The van der Waals surface area contributed by atoms with Gasteiger partial charge in [0.25, 0.3) is 0 Å². The topological polar surface area (TPSA) is 43.8 Å². The summed E-state index contributed by atoms with van der Waals surface area (Å²) in [5.74, 6) is -0.197. The fourth-order valence-corrected chi connectivity index (χ4v) is 3.26. The lowest BCUT2D eigenvalue weighted by atomic mass is 9.95. The second-order valence-corrected chi connectivity index (χ2v) is 7.21. The maximum absolute atomic E-state index is 13.3. The smallest absolute Gasteiger partial charge is 0.226 e. The van der Waals surface area contributed by atoms with E-state index in [-0.39, 0.29) is 17.6 Å². The molecule has 1 aromatic rings. The van der Waals surface area contributed by atoms with Crippen molar-refractivity contribution < 1.29 is 14.3 Å². The number of aliphatic hydroxyl groups is 1. The van der Waals surface area contributed by atoms with Crippen LogP contribution < -0.4 is 0 Å². The third kappa shape index (κ3) is 5.59. The van der Waals surface area contributed by atoms with Crippen LogP contribution in [0.2, 0.25) is 0 Å². The van der Waals surface area contributed by atoms with E-state index in [0.717, 1.165) is 24.9 Å². The van der Waals surface area contributed by atoms with Gasteiger partial charge in [-0.25, -0.2) is 4.39 Å². The molecule has 23 heavy (non-hydrogen) atoms. The van der Waals surface area contributed by atoms with Gasteiger partial charge in [-0.3, -0.25) is 9.69 Å². The zero-order valence-electron chi connectivity index (χ0n) is 14.3. The van der Waals surface area contributed by atoms with Crippen LogP contribution in [0.1, 0.15) is 32.3 Å². The molecule has 2 rings (SSSR count). The Morgan fingerprint density at radius 3 is 2.87 bits per heavy atom. The minimum absolute atomic E-state index is 0.0512. The van der Waals surface area contributed by atoms with Gasteiger partial charge in [-0.05, 0) is 50.9 Å². The molecule has 5 heteroatoms. The minimum atomic E-state index is -0.889. The first kappa shape index (κ1) is 17.9. The summed E-state index contributed by atoms with van der Waals surface area (Å²) < 4.78 is 13.3. The number of carbonyl (C=O) groups is 1. The number of piperidine rings is 1. The summed E-state index contributed by atoms with van der Waals surface area (Å²) >= 11 is 0. The molecule has 1 aromatic carbocycles. The Kier molecular flexibility index (Phi) is 5.76. The Labute approximate surface area is 137 Å². The molecule has 1 aliphatic heterocycles. The Morgan fingerprint density at radius 2 is 2.22 bits per heavy atom. The van der Waals surface area contributed by atoms with Crippen molar-refractivity contribution in [3.63, 3.8) is 0 Å². The molecule has 128 valence electrons. The Hall–Kier alpha value is -1.46. The standard InChI is InChI=1S/C18H27FN2O2/c1-18(2,23)13-20(3)17(22)15-7-5-9-21(12-15)11-14-6-4-8-16(19)10-14/h4,6,8,10,15,23H,5,7,9,11-13H2,1-3H3. The molecule has 1 atom stereocenters. The van der Waals surface area contributed by atoms with E-state index < -0.39 is 5.60 Å². The monoisotopic (exact) mass is 322 g/mol. The Morgan fingerprint density at radius 1 is 1.48 bits per heavy atom. The molecule has 1 aliphatic rings. The lowest BCUT2D eigenvalue weighted by molar-refractivity contribution is -0.138. The van der Waals surface area contributed by atoms with Gasteiger partial charge >= 0.3 is 0 Å². The summed E-state index contributed by atoms with van der Waals surface area (Å²) in [5.41, 5.74) is 0.0447. The van der Waals surface area contributed by atoms with E-state index in [9.17, 15) is 14.3 Å². The number of nitrogens with zero attached hydrogens (tertiary/aromatic N) is 2. The molecular weight excluding hydrogens is 295 g/mol. The van der Waals surface area contributed by atoms with E-state index in [1.54, 1.807) is 37.9 Å². The lowest BCUT2D eigenvalue weighted by Crippen LogP contribution is -2.47. The van der Waals surface area contributed by atoms with Crippen LogP contribution in [0.3, 0.4) is 0 Å². The number of carbonyl (C=O) groups excluding carboxylic acids is 1. The van der Waals surface area contributed by atoms with Crippen LogP contribution in [0, 0.1) is 11.7 Å². The lowest BCUT2D eigenvalue weighted by Gasteiger charge is -2.35. The average molecular weight is 322 g/mol. The highest BCUT2D eigenvalue weighted by molar-refractivity contribution is 5.79. The van der Waals surface area contributed by atoms with Crippen LogP contribution >= 0.6 is 0 Å². The zero-order chi connectivity index (χ0) is 17.0. The number of likely N-dealkylation sites (tertiary alicyclic amines) is 1. The van der Waals surface area contributed by atoms with Crippen LogP contribution in [0.5, 0.6) is 0 Å². The van der Waals surface area contributed by atoms with Crippen molar-refractivity contribution in [3.05, 3.63) is 35.6 Å². The largest absolute Gasteiger partial charge is 0.389 e. The van der Waals surface area contributed by atoms with Crippen molar-refractivity contribution in [2.45, 2.75) is 38.8 Å². The molecule has 1 saturated heterocycles. The average Bonchev–Trinajstić information content (AvgIpc) is 2.45. The third-order valence-corrected chi connectivity index (χ3v) is 4.15. The van der Waals surface area contributed by atoms with Gasteiger partial charge in [0.2, 0.25) is 5.91 Å². The predicted octanol–water partition coefficient (Wildman–Crippen LogP) is 2.27. The van der Waals surface area contributed by atoms with Crippen molar-refractivity contribution in [3.8, 4) is 0 Å². The quantitative estimate of drug-likeness (QED) is 0.904. The van der Waals surface area contributed by atoms with E-state index >= 15 is 0 Å². The van der Waals surface area contributed by atoms with Gasteiger partial charge in [0.15, 0.2) is 0 Å². The fraction of sp³-hybridized carbons (Fsp3) is 0.611. The molecule has 1 unspecified atom stereocenters. The van der Waals surface area contributed by atoms with E-state index in [1.165, 1.54) is 6.07 Å². The van der Waals surface area contributed by atoms with Crippen molar-refractivity contribution in [2.75, 3.05) is 26.7 Å². The van der Waals surface area contributed by atoms with E-state index in [4.69, 9.17) is 0 Å². The molecule has 0 saturated carbocycles. The van der Waals surface area contributed by atoms with Gasteiger partial charge in [0, 0.05) is 26.7 Å². The molecule has 0 spiro atoms. The van der Waals surface area contributed by atoms with Gasteiger partial charge in [0.05, 0.1) is 11.5 Å². The summed E-state index contributed by atoms with van der Waals surface area (Å²) in [6.07, 6.45) is 1.83. The molecule has 0 radical (unpaired) electrons. The molecular formula is C18H27FN2O2. The zero-order valence-corrected chi connectivity index (χ0v) is 14.3. The second kappa shape index (κ2) is 7.41. The van der Waals surface area contributed by atoms with Crippen LogP contribution in [0.25, 0.3) is 0 Å². The molecule has 1 fully saturated rings. The Bertz CT molecular complexity index is 542. The first-order valence-electron chi connectivity index (χ1n) is 8.19. The summed E-state index contributed by atoms with van der Waals surface area (Å²) in [7, 11) is 1.74. The normalized spacial score (nSPS) is 19.6. The summed E-state index contributed by atoms with van der Waals surface area (Å²) in [5, 5.41) is 9.87. The van der Waals surface area contributed by atoms with E-state index in [1.807, 2.05) is 6.07 Å².